The third-order valence-corrected chi connectivity index (χ3v) is 7.22. The molecule has 7 nitrogen and oxygen atoms in total. The van der Waals surface area contributed by atoms with Gasteiger partial charge in [0.1, 0.15) is 18.1 Å². The predicted molar refractivity (Wildman–Crippen MR) is 139 cm³/mol. The molecule has 1 aliphatic heterocycles. The van der Waals surface area contributed by atoms with Crippen LogP contribution in [0.15, 0.2) is 42.5 Å². The van der Waals surface area contributed by atoms with Crippen molar-refractivity contribution < 1.29 is 36.6 Å². The molecule has 1 aromatic heterocycles. The van der Waals surface area contributed by atoms with Gasteiger partial charge in [0.15, 0.2) is 22.8 Å². The first-order chi connectivity index (χ1) is 18.9. The van der Waals surface area contributed by atoms with E-state index < -0.39 is 36.0 Å². The number of rotatable bonds is 8. The van der Waals surface area contributed by atoms with Gasteiger partial charge in [-0.1, -0.05) is 18.5 Å². The van der Waals surface area contributed by atoms with Crippen LogP contribution in [0, 0.1) is 5.82 Å². The molecule has 3 N–H and O–H groups in total. The molecule has 2 atom stereocenters. The molecule has 2 aliphatic rings. The van der Waals surface area contributed by atoms with Gasteiger partial charge < -0.3 is 25.3 Å². The van der Waals surface area contributed by atoms with E-state index in [0.29, 0.717) is 17.1 Å². The van der Waals surface area contributed by atoms with Crippen molar-refractivity contribution in [3.8, 4) is 28.5 Å². The number of alkyl halides is 3. The van der Waals surface area contributed by atoms with Crippen molar-refractivity contribution in [1.82, 2.24) is 10.3 Å². The summed E-state index contributed by atoms with van der Waals surface area (Å²) in [6.07, 6.45) is -2.73. The number of hydrogen-bond donors (Lipinski definition) is 2. The first-order valence-corrected chi connectivity index (χ1v) is 12.9. The Morgan fingerprint density at radius 3 is 2.62 bits per heavy atom. The molecule has 5 rings (SSSR count). The van der Waals surface area contributed by atoms with Crippen LogP contribution in [-0.4, -0.2) is 43.4 Å². The zero-order valence-corrected chi connectivity index (χ0v) is 22.3. The second-order valence-corrected chi connectivity index (χ2v) is 10.4. The Morgan fingerprint density at radius 2 is 1.98 bits per heavy atom. The van der Waals surface area contributed by atoms with Crippen molar-refractivity contribution >= 4 is 17.5 Å². The number of nitrogens with zero attached hydrogens (tertiary/aromatic N) is 1. The van der Waals surface area contributed by atoms with Crippen LogP contribution in [0.1, 0.15) is 47.3 Å². The second kappa shape index (κ2) is 10.4. The molecule has 2 heterocycles. The van der Waals surface area contributed by atoms with Gasteiger partial charge >= 0.3 is 6.18 Å². The SMILES string of the molecule is COc1cc(C(=O)NC[C@@H](C)c2cc3c(c(-c4ccc(F)c(Cl)c4)n2)OC[C@@]3(N)C(F)(F)F)ccc1OC1CC1. The van der Waals surface area contributed by atoms with Crippen molar-refractivity contribution in [2.24, 2.45) is 5.73 Å². The fourth-order valence-electron chi connectivity index (χ4n) is 4.34. The molecule has 2 aromatic carbocycles. The van der Waals surface area contributed by atoms with Gasteiger partial charge in [0, 0.05) is 34.8 Å². The molecule has 1 aliphatic carbocycles. The van der Waals surface area contributed by atoms with Gasteiger partial charge in [-0.3, -0.25) is 4.79 Å². The van der Waals surface area contributed by atoms with E-state index in [0.717, 1.165) is 18.9 Å². The maximum Gasteiger partial charge on any atom is 0.414 e. The molecule has 1 saturated carbocycles. The lowest BCUT2D eigenvalue weighted by Crippen LogP contribution is -2.51. The highest BCUT2D eigenvalue weighted by Crippen LogP contribution is 2.49. The summed E-state index contributed by atoms with van der Waals surface area (Å²) in [5, 5.41) is 2.56. The average molecular weight is 580 g/mol. The molecule has 1 fully saturated rings. The topological polar surface area (TPSA) is 95.7 Å². The number of amides is 1. The molecule has 212 valence electrons. The van der Waals surface area contributed by atoms with E-state index in [1.807, 2.05) is 0 Å². The van der Waals surface area contributed by atoms with Crippen LogP contribution in [-0.2, 0) is 5.54 Å². The maximum atomic E-state index is 14.0. The van der Waals surface area contributed by atoms with Crippen molar-refractivity contribution in [3.05, 3.63) is 70.1 Å². The largest absolute Gasteiger partial charge is 0.493 e. The molecule has 0 spiro atoms. The summed E-state index contributed by atoms with van der Waals surface area (Å²) in [7, 11) is 1.48. The second-order valence-electron chi connectivity index (χ2n) is 9.95. The Bertz CT molecular complexity index is 1460. The van der Waals surface area contributed by atoms with Gasteiger partial charge in [0.25, 0.3) is 5.91 Å². The summed E-state index contributed by atoms with van der Waals surface area (Å²) in [4.78, 5) is 17.4. The zero-order valence-electron chi connectivity index (χ0n) is 21.6. The summed E-state index contributed by atoms with van der Waals surface area (Å²) in [5.41, 5.74) is 3.61. The highest BCUT2D eigenvalue weighted by atomic mass is 35.5. The number of pyridine rings is 1. The van der Waals surface area contributed by atoms with Crippen molar-refractivity contribution in [2.45, 2.75) is 43.5 Å². The number of ether oxygens (including phenoxy) is 3. The van der Waals surface area contributed by atoms with Gasteiger partial charge in [0.05, 0.1) is 18.2 Å². The minimum atomic E-state index is -4.82. The average Bonchev–Trinajstić information content (AvgIpc) is 3.67. The fraction of sp³-hybridized carbons (Fsp3) is 0.357. The van der Waals surface area contributed by atoms with E-state index in [4.69, 9.17) is 31.5 Å². The lowest BCUT2D eigenvalue weighted by atomic mass is 9.89. The highest BCUT2D eigenvalue weighted by Gasteiger charge is 2.59. The molecular formula is C28H26ClF4N3O4. The standard InChI is InChI=1S/C28H26ClF4N3O4/c1-14(12-35-26(37)16-4-8-22(23(10-16)38-2)40-17-5-6-17)21-11-18-25(39-13-27(18,34)28(31,32)33)24(36-21)15-3-7-20(30)19(29)9-15/h3-4,7-11,14,17H,5-6,12-13,34H2,1-2H3,(H,35,37)/t14-,27+/m1/s1. The summed E-state index contributed by atoms with van der Waals surface area (Å²) in [5.74, 6) is -0.835. The number of nitrogens with one attached hydrogen (secondary N) is 1. The van der Waals surface area contributed by atoms with E-state index in [1.54, 1.807) is 25.1 Å². The van der Waals surface area contributed by atoms with Crippen LogP contribution in [0.2, 0.25) is 5.02 Å². The van der Waals surface area contributed by atoms with E-state index in [-0.39, 0.29) is 45.9 Å². The lowest BCUT2D eigenvalue weighted by molar-refractivity contribution is -0.191. The summed E-state index contributed by atoms with van der Waals surface area (Å²) < 4.78 is 72.5. The number of nitrogens with two attached hydrogens (primary N) is 1. The number of carbonyl (C=O) groups is 1. The minimum Gasteiger partial charge on any atom is -0.493 e. The third-order valence-electron chi connectivity index (χ3n) is 6.93. The molecule has 0 saturated heterocycles. The summed E-state index contributed by atoms with van der Waals surface area (Å²) in [6, 6.07) is 9.76. The van der Waals surface area contributed by atoms with Crippen LogP contribution in [0.3, 0.4) is 0 Å². The molecule has 12 heteroatoms. The molecule has 0 bridgehead atoms. The number of methoxy groups -OCH3 is 1. The van der Waals surface area contributed by atoms with Gasteiger partial charge in [-0.15, -0.1) is 0 Å². The number of hydrogen-bond acceptors (Lipinski definition) is 6. The van der Waals surface area contributed by atoms with Crippen LogP contribution < -0.4 is 25.3 Å². The first kappa shape index (κ1) is 28.0. The number of fused-ring (bicyclic) bond motifs is 1. The molecule has 40 heavy (non-hydrogen) atoms. The van der Waals surface area contributed by atoms with Gasteiger partial charge in [-0.05, 0) is 55.3 Å². The minimum absolute atomic E-state index is 0.0418. The van der Waals surface area contributed by atoms with Crippen molar-refractivity contribution in [3.63, 3.8) is 0 Å². The van der Waals surface area contributed by atoms with Crippen LogP contribution >= 0.6 is 11.6 Å². The Labute approximate surface area is 232 Å². The Balaban J connectivity index is 1.42. The quantitative estimate of drug-likeness (QED) is 0.331. The van der Waals surface area contributed by atoms with Crippen LogP contribution in [0.5, 0.6) is 17.2 Å². The Morgan fingerprint density at radius 1 is 1.23 bits per heavy atom. The van der Waals surface area contributed by atoms with Crippen LogP contribution in [0.4, 0.5) is 17.6 Å². The Hall–Kier alpha value is -3.57. The van der Waals surface area contributed by atoms with Crippen molar-refractivity contribution in [1.29, 1.82) is 0 Å². The predicted octanol–water partition coefficient (Wildman–Crippen LogP) is 5.73. The number of benzene rings is 2. The summed E-state index contributed by atoms with van der Waals surface area (Å²) in [6.45, 7) is 0.902. The van der Waals surface area contributed by atoms with Gasteiger partial charge in [-0.25, -0.2) is 9.37 Å². The first-order valence-electron chi connectivity index (χ1n) is 12.5. The normalized spacial score (nSPS) is 19.0. The monoisotopic (exact) mass is 579 g/mol. The third kappa shape index (κ3) is 5.27. The van der Waals surface area contributed by atoms with Gasteiger partial charge in [0.2, 0.25) is 0 Å². The van der Waals surface area contributed by atoms with Crippen LogP contribution in [0.25, 0.3) is 11.3 Å². The number of halogens is 5. The lowest BCUT2D eigenvalue weighted by Gasteiger charge is -2.26. The smallest absolute Gasteiger partial charge is 0.414 e. The number of carbonyl (C=O) groups excluding carboxylic acids is 1. The van der Waals surface area contributed by atoms with E-state index >= 15 is 0 Å². The fourth-order valence-corrected chi connectivity index (χ4v) is 4.53. The zero-order chi connectivity index (χ0) is 28.8. The van der Waals surface area contributed by atoms with Gasteiger partial charge in [-0.2, -0.15) is 13.2 Å². The number of aromatic nitrogens is 1. The molecule has 1 amide bonds. The van der Waals surface area contributed by atoms with E-state index in [2.05, 4.69) is 10.3 Å². The van der Waals surface area contributed by atoms with Crippen molar-refractivity contribution in [2.75, 3.05) is 20.3 Å². The molecule has 0 unspecified atom stereocenters. The Kier molecular flexibility index (Phi) is 7.30. The molecule has 3 aromatic rings. The van der Waals surface area contributed by atoms with E-state index in [9.17, 15) is 22.4 Å². The summed E-state index contributed by atoms with van der Waals surface area (Å²) >= 11 is 5.93. The van der Waals surface area contributed by atoms with E-state index in [1.165, 1.54) is 25.3 Å². The molecule has 0 radical (unpaired) electrons. The maximum absolute atomic E-state index is 14.0. The molecular weight excluding hydrogens is 554 g/mol. The highest BCUT2D eigenvalue weighted by molar-refractivity contribution is 6.31.